The topological polar surface area (TPSA) is 52.6 Å². The Balaban J connectivity index is 2.39. The van der Waals surface area contributed by atoms with E-state index in [4.69, 9.17) is 5.11 Å². The first kappa shape index (κ1) is 8.49. The van der Waals surface area contributed by atoms with Crippen molar-refractivity contribution in [2.75, 3.05) is 32.8 Å². The summed E-state index contributed by atoms with van der Waals surface area (Å²) in [7, 11) is 0. The highest BCUT2D eigenvalue weighted by atomic mass is 16.3. The molecule has 1 aliphatic heterocycles. The van der Waals surface area contributed by atoms with Gasteiger partial charge in [-0.05, 0) is 13.0 Å². The lowest BCUT2D eigenvalue weighted by molar-refractivity contribution is -0.130. The van der Waals surface area contributed by atoms with Crippen LogP contribution in [0, 0.1) is 0 Å². The predicted molar refractivity (Wildman–Crippen MR) is 41.2 cm³/mol. The average molecular weight is 158 g/mol. The summed E-state index contributed by atoms with van der Waals surface area (Å²) in [5.41, 5.74) is 0. The van der Waals surface area contributed by atoms with Gasteiger partial charge in [0.2, 0.25) is 5.91 Å². The molecule has 0 aromatic carbocycles. The number of hydrogen-bond donors (Lipinski definition) is 2. The molecule has 1 saturated heterocycles. The van der Waals surface area contributed by atoms with Crippen LogP contribution in [-0.2, 0) is 4.79 Å². The Labute approximate surface area is 66.2 Å². The zero-order valence-corrected chi connectivity index (χ0v) is 6.55. The molecule has 11 heavy (non-hydrogen) atoms. The number of carbonyl (C=O) groups excluding carboxylic acids is 1. The van der Waals surface area contributed by atoms with Crippen LogP contribution in [0.4, 0.5) is 0 Å². The first-order valence-corrected chi connectivity index (χ1v) is 3.94. The van der Waals surface area contributed by atoms with Gasteiger partial charge in [-0.2, -0.15) is 0 Å². The summed E-state index contributed by atoms with van der Waals surface area (Å²) in [4.78, 5) is 12.9. The van der Waals surface area contributed by atoms with Gasteiger partial charge < -0.3 is 15.3 Å². The molecule has 0 aromatic heterocycles. The molecular weight excluding hydrogens is 144 g/mol. The number of carbonyl (C=O) groups is 1. The van der Waals surface area contributed by atoms with Gasteiger partial charge in [0.05, 0.1) is 13.2 Å². The van der Waals surface area contributed by atoms with Gasteiger partial charge in [0.25, 0.3) is 0 Å². The zero-order chi connectivity index (χ0) is 8.10. The summed E-state index contributed by atoms with van der Waals surface area (Å²) in [6.45, 7) is 2.62. The van der Waals surface area contributed by atoms with Crippen LogP contribution in [0.3, 0.4) is 0 Å². The second-order valence-corrected chi connectivity index (χ2v) is 2.63. The lowest BCUT2D eigenvalue weighted by Gasteiger charge is -2.18. The van der Waals surface area contributed by atoms with E-state index in [1.54, 1.807) is 4.90 Å². The van der Waals surface area contributed by atoms with E-state index in [0.717, 1.165) is 19.5 Å². The van der Waals surface area contributed by atoms with Crippen LogP contribution in [0.1, 0.15) is 6.42 Å². The van der Waals surface area contributed by atoms with Gasteiger partial charge in [0.15, 0.2) is 0 Å². The Hall–Kier alpha value is -0.610. The van der Waals surface area contributed by atoms with Crippen molar-refractivity contribution in [3.63, 3.8) is 0 Å². The fourth-order valence-electron chi connectivity index (χ4n) is 1.18. The summed E-state index contributed by atoms with van der Waals surface area (Å²) in [5, 5.41) is 11.6. The summed E-state index contributed by atoms with van der Waals surface area (Å²) >= 11 is 0. The zero-order valence-electron chi connectivity index (χ0n) is 6.55. The van der Waals surface area contributed by atoms with Gasteiger partial charge in [0.1, 0.15) is 0 Å². The molecule has 0 aliphatic carbocycles. The monoisotopic (exact) mass is 158 g/mol. The normalized spacial score (nSPS) is 20.1. The van der Waals surface area contributed by atoms with Crippen molar-refractivity contribution in [3.8, 4) is 0 Å². The van der Waals surface area contributed by atoms with Crippen molar-refractivity contribution in [1.29, 1.82) is 0 Å². The second kappa shape index (κ2) is 4.31. The molecule has 0 aromatic rings. The molecule has 0 saturated carbocycles. The minimum atomic E-state index is 0.0613. The number of nitrogens with zero attached hydrogens (tertiary/aromatic N) is 1. The molecule has 4 heteroatoms. The maximum absolute atomic E-state index is 11.2. The standard InChI is InChI=1S/C7H14N2O2/c10-5-4-9-3-1-2-8-6-7(9)11/h8,10H,1-6H2. The molecule has 0 spiro atoms. The number of aliphatic hydroxyl groups is 1. The van der Waals surface area contributed by atoms with Crippen LogP contribution in [0.25, 0.3) is 0 Å². The largest absolute Gasteiger partial charge is 0.395 e. The summed E-state index contributed by atoms with van der Waals surface area (Å²) in [6, 6.07) is 0. The molecular formula is C7H14N2O2. The molecule has 64 valence electrons. The lowest BCUT2D eigenvalue weighted by atomic mass is 10.4. The smallest absolute Gasteiger partial charge is 0.236 e. The molecule has 2 N–H and O–H groups in total. The van der Waals surface area contributed by atoms with Gasteiger partial charge >= 0.3 is 0 Å². The van der Waals surface area contributed by atoms with Crippen molar-refractivity contribution in [1.82, 2.24) is 10.2 Å². The highest BCUT2D eigenvalue weighted by Gasteiger charge is 2.14. The van der Waals surface area contributed by atoms with Crippen molar-refractivity contribution in [3.05, 3.63) is 0 Å². The second-order valence-electron chi connectivity index (χ2n) is 2.63. The highest BCUT2D eigenvalue weighted by molar-refractivity contribution is 5.78. The fourth-order valence-corrected chi connectivity index (χ4v) is 1.18. The Kier molecular flexibility index (Phi) is 3.32. The van der Waals surface area contributed by atoms with E-state index in [1.807, 2.05) is 0 Å². The van der Waals surface area contributed by atoms with E-state index in [-0.39, 0.29) is 12.5 Å². The molecule has 1 rings (SSSR count). The van der Waals surface area contributed by atoms with E-state index in [2.05, 4.69) is 5.32 Å². The minimum Gasteiger partial charge on any atom is -0.395 e. The third-order valence-electron chi connectivity index (χ3n) is 1.78. The van der Waals surface area contributed by atoms with E-state index in [0.29, 0.717) is 13.1 Å². The van der Waals surface area contributed by atoms with Crippen LogP contribution in [0.2, 0.25) is 0 Å². The van der Waals surface area contributed by atoms with Crippen LogP contribution in [-0.4, -0.2) is 48.7 Å². The van der Waals surface area contributed by atoms with Gasteiger partial charge in [-0.15, -0.1) is 0 Å². The first-order valence-electron chi connectivity index (χ1n) is 3.94. The summed E-state index contributed by atoms with van der Waals surface area (Å²) in [6.07, 6.45) is 0.978. The van der Waals surface area contributed by atoms with E-state index < -0.39 is 0 Å². The average Bonchev–Trinajstić information content (AvgIpc) is 2.18. The van der Waals surface area contributed by atoms with E-state index >= 15 is 0 Å². The Morgan fingerprint density at radius 2 is 2.45 bits per heavy atom. The molecule has 0 atom stereocenters. The lowest BCUT2D eigenvalue weighted by Crippen LogP contribution is -2.36. The SMILES string of the molecule is O=C1CNCCCN1CCO. The van der Waals surface area contributed by atoms with Crippen molar-refractivity contribution in [2.24, 2.45) is 0 Å². The molecule has 1 aliphatic rings. The summed E-state index contributed by atoms with van der Waals surface area (Å²) < 4.78 is 0. The maximum atomic E-state index is 11.2. The number of amides is 1. The fraction of sp³-hybridized carbons (Fsp3) is 0.857. The molecule has 0 bridgehead atoms. The Morgan fingerprint density at radius 3 is 3.18 bits per heavy atom. The van der Waals surface area contributed by atoms with Crippen molar-refractivity contribution in [2.45, 2.75) is 6.42 Å². The number of hydrogen-bond acceptors (Lipinski definition) is 3. The summed E-state index contributed by atoms with van der Waals surface area (Å²) in [5.74, 6) is 0.0940. The molecule has 1 amide bonds. The molecule has 1 heterocycles. The maximum Gasteiger partial charge on any atom is 0.236 e. The van der Waals surface area contributed by atoms with E-state index in [9.17, 15) is 4.79 Å². The number of nitrogens with one attached hydrogen (secondary N) is 1. The van der Waals surface area contributed by atoms with Crippen LogP contribution < -0.4 is 5.32 Å². The Morgan fingerprint density at radius 1 is 1.64 bits per heavy atom. The third-order valence-corrected chi connectivity index (χ3v) is 1.78. The predicted octanol–water partition coefficient (Wildman–Crippen LogP) is -1.20. The minimum absolute atomic E-state index is 0.0613. The van der Waals surface area contributed by atoms with Crippen LogP contribution in [0.5, 0.6) is 0 Å². The molecule has 1 fully saturated rings. The van der Waals surface area contributed by atoms with Crippen molar-refractivity contribution < 1.29 is 9.90 Å². The molecule has 0 radical (unpaired) electrons. The first-order chi connectivity index (χ1) is 5.34. The Bertz CT molecular complexity index is 138. The number of aliphatic hydroxyl groups excluding tert-OH is 1. The van der Waals surface area contributed by atoms with Gasteiger partial charge in [-0.3, -0.25) is 4.79 Å². The quantitative estimate of drug-likeness (QED) is 0.531. The van der Waals surface area contributed by atoms with Crippen LogP contribution >= 0.6 is 0 Å². The molecule has 0 unspecified atom stereocenters. The number of β-amino-alcohol motifs (C(OH)–C–C–N with tert-alkyl or cyclic N) is 1. The van der Waals surface area contributed by atoms with E-state index in [1.165, 1.54) is 0 Å². The highest BCUT2D eigenvalue weighted by Crippen LogP contribution is 1.95. The number of rotatable bonds is 2. The van der Waals surface area contributed by atoms with Crippen molar-refractivity contribution >= 4 is 5.91 Å². The van der Waals surface area contributed by atoms with Gasteiger partial charge in [-0.1, -0.05) is 0 Å². The third kappa shape index (κ3) is 2.48. The molecule has 4 nitrogen and oxygen atoms in total. The van der Waals surface area contributed by atoms with Crippen LogP contribution in [0.15, 0.2) is 0 Å². The van der Waals surface area contributed by atoms with Gasteiger partial charge in [-0.25, -0.2) is 0 Å². The van der Waals surface area contributed by atoms with Gasteiger partial charge in [0, 0.05) is 13.1 Å².